The van der Waals surface area contributed by atoms with Crippen LogP contribution in [-0.2, 0) is 19.5 Å². The van der Waals surface area contributed by atoms with Crippen LogP contribution in [0, 0.1) is 13.2 Å². The summed E-state index contributed by atoms with van der Waals surface area (Å²) in [5, 5.41) is 0. The van der Waals surface area contributed by atoms with Crippen molar-refractivity contribution in [1.29, 1.82) is 0 Å². The molecule has 0 atom stereocenters. The first kappa shape index (κ1) is 6.90. The van der Waals surface area contributed by atoms with Crippen molar-refractivity contribution in [3.8, 4) is 0 Å². The maximum atomic E-state index is 4.71. The molecular formula is C5H5OZn-. The molecule has 7 heavy (non-hydrogen) atoms. The first-order valence-corrected chi connectivity index (χ1v) is 1.82. The fourth-order valence-corrected chi connectivity index (χ4v) is 0.312. The zero-order chi connectivity index (χ0) is 4.41. The number of rotatable bonds is 0. The third kappa shape index (κ3) is 1.89. The minimum Gasteiger partial charge on any atom is -0.596 e. The minimum absolute atomic E-state index is 0. The van der Waals surface area contributed by atoms with Crippen LogP contribution >= 0.6 is 0 Å². The van der Waals surface area contributed by atoms with E-state index in [1.165, 1.54) is 0 Å². The van der Waals surface area contributed by atoms with Gasteiger partial charge in [-0.25, -0.2) is 0 Å². The van der Waals surface area contributed by atoms with Crippen LogP contribution in [0.5, 0.6) is 0 Å². The van der Waals surface area contributed by atoms with Gasteiger partial charge in [-0.2, -0.15) is 6.07 Å². The molecule has 0 amide bonds. The van der Waals surface area contributed by atoms with Crippen LogP contribution < -0.4 is 0 Å². The summed E-state index contributed by atoms with van der Waals surface area (Å²) in [5.41, 5.74) is 0. The van der Waals surface area contributed by atoms with E-state index in [4.69, 9.17) is 4.42 Å². The van der Waals surface area contributed by atoms with Crippen molar-refractivity contribution in [2.75, 3.05) is 0 Å². The van der Waals surface area contributed by atoms with Gasteiger partial charge in [-0.15, -0.1) is 6.07 Å². The van der Waals surface area contributed by atoms with Crippen LogP contribution in [0.4, 0.5) is 0 Å². The van der Waals surface area contributed by atoms with Gasteiger partial charge < -0.3 is 4.42 Å². The van der Waals surface area contributed by atoms with Gasteiger partial charge in [-0.1, -0.05) is 12.7 Å². The number of aryl methyl sites for hydroxylation is 1. The van der Waals surface area contributed by atoms with Gasteiger partial charge in [0, 0.05) is 19.5 Å². The van der Waals surface area contributed by atoms with Gasteiger partial charge in [0.25, 0.3) is 0 Å². The van der Waals surface area contributed by atoms with Crippen molar-refractivity contribution in [3.63, 3.8) is 0 Å². The predicted molar refractivity (Wildman–Crippen MR) is 22.3 cm³/mol. The van der Waals surface area contributed by atoms with Crippen molar-refractivity contribution >= 4 is 0 Å². The summed E-state index contributed by atoms with van der Waals surface area (Å²) in [5.74, 6) is 0.912. The Balaban J connectivity index is 0.000000360. The van der Waals surface area contributed by atoms with E-state index in [-0.39, 0.29) is 19.5 Å². The second-order valence-electron chi connectivity index (χ2n) is 1.16. The van der Waals surface area contributed by atoms with Crippen LogP contribution in [0.15, 0.2) is 16.5 Å². The summed E-state index contributed by atoms with van der Waals surface area (Å²) in [6, 6.07) is 3.61. The standard InChI is InChI=1S/C5H5O.Zn/c1-5-3-2-4-6-5;/h2-3H,1H3;/q-1;. The third-order valence-corrected chi connectivity index (χ3v) is 0.606. The molecule has 0 aliphatic rings. The molecule has 0 fully saturated rings. The van der Waals surface area contributed by atoms with Gasteiger partial charge in [0.15, 0.2) is 0 Å². The Morgan fingerprint density at radius 1 is 1.71 bits per heavy atom. The summed E-state index contributed by atoms with van der Waals surface area (Å²) >= 11 is 0. The number of hydrogen-bond donors (Lipinski definition) is 0. The topological polar surface area (TPSA) is 13.1 Å². The average molecular weight is 146 g/mol. The van der Waals surface area contributed by atoms with Crippen molar-refractivity contribution in [2.45, 2.75) is 6.92 Å². The van der Waals surface area contributed by atoms with Crippen LogP contribution in [0.2, 0.25) is 0 Å². The first-order chi connectivity index (χ1) is 2.89. The largest absolute Gasteiger partial charge is 0.596 e. The average Bonchev–Trinajstić information content (AvgIpc) is 1.86. The molecule has 0 saturated carbocycles. The van der Waals surface area contributed by atoms with Gasteiger partial charge >= 0.3 is 0 Å². The zero-order valence-corrected chi connectivity index (χ0v) is 7.24. The Kier molecular flexibility index (Phi) is 2.94. The molecule has 0 aliphatic carbocycles. The first-order valence-electron chi connectivity index (χ1n) is 1.82. The molecule has 0 aliphatic heterocycles. The van der Waals surface area contributed by atoms with E-state index < -0.39 is 0 Å². The minimum atomic E-state index is 0. The van der Waals surface area contributed by atoms with E-state index >= 15 is 0 Å². The molecule has 1 nitrogen and oxygen atoms in total. The molecule has 0 aromatic carbocycles. The monoisotopic (exact) mass is 145 g/mol. The quantitative estimate of drug-likeness (QED) is 0.398. The van der Waals surface area contributed by atoms with Crippen LogP contribution in [0.3, 0.4) is 0 Å². The summed E-state index contributed by atoms with van der Waals surface area (Å²) < 4.78 is 4.71. The number of furan rings is 1. The maximum Gasteiger partial charge on any atom is 0 e. The molecule has 34 valence electrons. The number of hydrogen-bond acceptors (Lipinski definition) is 1. The molecule has 2 heteroatoms. The Morgan fingerprint density at radius 3 is 2.57 bits per heavy atom. The van der Waals surface area contributed by atoms with Crippen LogP contribution in [0.25, 0.3) is 0 Å². The molecule has 0 radical (unpaired) electrons. The normalized spacial score (nSPS) is 7.57. The van der Waals surface area contributed by atoms with Gasteiger partial charge in [0.2, 0.25) is 0 Å². The van der Waals surface area contributed by atoms with Gasteiger partial charge in [0.05, 0.1) is 0 Å². The summed E-state index contributed by atoms with van der Waals surface area (Å²) in [6.45, 7) is 1.89. The molecule has 1 aromatic rings. The molecule has 0 saturated heterocycles. The van der Waals surface area contributed by atoms with Gasteiger partial charge in [-0.05, 0) is 6.26 Å². The van der Waals surface area contributed by atoms with Crippen molar-refractivity contribution in [1.82, 2.24) is 0 Å². The molecule has 1 aromatic heterocycles. The molecule has 0 unspecified atom stereocenters. The Bertz CT molecular complexity index is 112. The Labute approximate surface area is 55.5 Å². The van der Waals surface area contributed by atoms with Gasteiger partial charge in [-0.3, -0.25) is 0 Å². The predicted octanol–water partition coefficient (Wildman–Crippen LogP) is 1.39. The fraction of sp³-hybridized carbons (Fsp3) is 0.200. The molecule has 0 bridgehead atoms. The van der Waals surface area contributed by atoms with Crippen molar-refractivity contribution < 1.29 is 23.9 Å². The molecule has 1 rings (SSSR count). The van der Waals surface area contributed by atoms with Gasteiger partial charge in [0.1, 0.15) is 0 Å². The second kappa shape index (κ2) is 2.98. The summed E-state index contributed by atoms with van der Waals surface area (Å²) in [6.07, 6.45) is 2.55. The Morgan fingerprint density at radius 2 is 2.43 bits per heavy atom. The molecule has 1 heterocycles. The molecular weight excluding hydrogens is 141 g/mol. The van der Waals surface area contributed by atoms with E-state index in [2.05, 4.69) is 6.26 Å². The van der Waals surface area contributed by atoms with Crippen LogP contribution in [-0.4, -0.2) is 0 Å². The second-order valence-corrected chi connectivity index (χ2v) is 1.16. The van der Waals surface area contributed by atoms with E-state index in [0.29, 0.717) is 0 Å². The zero-order valence-electron chi connectivity index (χ0n) is 4.27. The molecule has 0 N–H and O–H groups in total. The fourth-order valence-electron chi connectivity index (χ4n) is 0.312. The van der Waals surface area contributed by atoms with Crippen molar-refractivity contribution in [3.05, 3.63) is 24.2 Å². The summed E-state index contributed by atoms with van der Waals surface area (Å²) in [4.78, 5) is 0. The van der Waals surface area contributed by atoms with E-state index in [0.717, 1.165) is 5.76 Å². The van der Waals surface area contributed by atoms with Crippen LogP contribution in [0.1, 0.15) is 5.76 Å². The van der Waals surface area contributed by atoms with E-state index in [1.807, 2.05) is 13.0 Å². The van der Waals surface area contributed by atoms with E-state index in [9.17, 15) is 0 Å². The Hall–Kier alpha value is -0.0966. The third-order valence-electron chi connectivity index (χ3n) is 0.606. The van der Waals surface area contributed by atoms with Crippen molar-refractivity contribution in [2.24, 2.45) is 0 Å². The summed E-state index contributed by atoms with van der Waals surface area (Å²) in [7, 11) is 0. The SMILES string of the molecule is Cc1cc[c-]o1.[Zn]. The smallest absolute Gasteiger partial charge is 0 e. The maximum absolute atomic E-state index is 4.71. The molecule has 0 spiro atoms. The van der Waals surface area contributed by atoms with E-state index in [1.54, 1.807) is 6.07 Å².